The number of halogens is 1. The predicted octanol–water partition coefficient (Wildman–Crippen LogP) is 6.86. The standard InChI is InChI=1S/C29H23ClN4OS/c1-35-26-14-13-22(18-23(26)30)34-28(27(32-29(34)36)24-9-4-5-15-31-24)25-10-6-16-33(25)21-12-11-19-7-2-3-8-20(19)17-21/h2-18,27-28H,1H3,(H,32,36). The number of hydrogen-bond donors (Lipinski definition) is 1. The van der Waals surface area contributed by atoms with Gasteiger partial charge in [0, 0.05) is 29.5 Å². The number of nitrogens with one attached hydrogen (secondary N) is 1. The van der Waals surface area contributed by atoms with Crippen molar-refractivity contribution in [3.05, 3.63) is 120 Å². The number of ether oxygens (including phenoxy) is 1. The maximum Gasteiger partial charge on any atom is 0.174 e. The molecule has 6 rings (SSSR count). The van der Waals surface area contributed by atoms with Gasteiger partial charge in [0.05, 0.1) is 23.9 Å². The van der Waals surface area contributed by atoms with Crippen molar-refractivity contribution in [2.24, 2.45) is 0 Å². The monoisotopic (exact) mass is 510 g/mol. The lowest BCUT2D eigenvalue weighted by Gasteiger charge is -2.29. The summed E-state index contributed by atoms with van der Waals surface area (Å²) in [5.74, 6) is 0.621. The number of methoxy groups -OCH3 is 1. The minimum Gasteiger partial charge on any atom is -0.495 e. The summed E-state index contributed by atoms with van der Waals surface area (Å²) in [5, 5.41) is 7.06. The second-order valence-corrected chi connectivity index (χ2v) is 9.44. The average molecular weight is 511 g/mol. The summed E-state index contributed by atoms with van der Waals surface area (Å²) in [5.41, 5.74) is 3.96. The summed E-state index contributed by atoms with van der Waals surface area (Å²) >= 11 is 12.4. The Labute approximate surface area is 219 Å². The molecule has 3 aromatic carbocycles. The fourth-order valence-electron chi connectivity index (χ4n) is 4.94. The smallest absolute Gasteiger partial charge is 0.174 e. The van der Waals surface area contributed by atoms with Crippen LogP contribution in [0.25, 0.3) is 16.5 Å². The molecular weight excluding hydrogens is 488 g/mol. The molecule has 2 aromatic heterocycles. The average Bonchev–Trinajstić information content (AvgIpc) is 3.53. The third kappa shape index (κ3) is 3.88. The molecule has 7 heteroatoms. The van der Waals surface area contributed by atoms with Crippen LogP contribution in [0.1, 0.15) is 23.5 Å². The lowest BCUT2D eigenvalue weighted by Crippen LogP contribution is -2.30. The zero-order valence-electron chi connectivity index (χ0n) is 19.5. The van der Waals surface area contributed by atoms with Gasteiger partial charge in [-0.25, -0.2) is 0 Å². The highest BCUT2D eigenvalue weighted by Gasteiger charge is 2.42. The van der Waals surface area contributed by atoms with Crippen LogP contribution in [0.15, 0.2) is 103 Å². The Balaban J connectivity index is 1.51. The van der Waals surface area contributed by atoms with E-state index in [-0.39, 0.29) is 12.1 Å². The SMILES string of the molecule is COc1ccc(N2C(=S)NC(c3ccccn3)C2c2cccn2-c2ccc3ccccc3c2)cc1Cl. The molecule has 0 radical (unpaired) electrons. The van der Waals surface area contributed by atoms with Crippen LogP contribution in [-0.2, 0) is 0 Å². The molecule has 5 aromatic rings. The third-order valence-electron chi connectivity index (χ3n) is 6.61. The third-order valence-corrected chi connectivity index (χ3v) is 7.22. The van der Waals surface area contributed by atoms with Crippen LogP contribution in [0.4, 0.5) is 5.69 Å². The Morgan fingerprint density at radius 2 is 1.69 bits per heavy atom. The summed E-state index contributed by atoms with van der Waals surface area (Å²) in [6.07, 6.45) is 3.90. The van der Waals surface area contributed by atoms with Gasteiger partial charge in [-0.05, 0) is 77.6 Å². The van der Waals surface area contributed by atoms with Gasteiger partial charge in [-0.15, -0.1) is 0 Å². The molecule has 0 bridgehead atoms. The van der Waals surface area contributed by atoms with E-state index in [2.05, 4.69) is 80.6 Å². The molecule has 0 saturated carbocycles. The molecule has 1 aliphatic rings. The molecule has 2 unspecified atom stereocenters. The Morgan fingerprint density at radius 1 is 0.889 bits per heavy atom. The Bertz CT molecular complexity index is 1570. The molecule has 2 atom stereocenters. The van der Waals surface area contributed by atoms with Crippen LogP contribution >= 0.6 is 23.8 Å². The molecule has 36 heavy (non-hydrogen) atoms. The Hall–Kier alpha value is -3.87. The minimum atomic E-state index is -0.168. The fourth-order valence-corrected chi connectivity index (χ4v) is 5.53. The molecule has 3 heterocycles. The van der Waals surface area contributed by atoms with Crippen molar-refractivity contribution in [2.75, 3.05) is 12.0 Å². The van der Waals surface area contributed by atoms with Gasteiger partial charge in [0.1, 0.15) is 11.8 Å². The first-order valence-electron chi connectivity index (χ1n) is 11.6. The Morgan fingerprint density at radius 3 is 2.47 bits per heavy atom. The van der Waals surface area contributed by atoms with Crippen LogP contribution in [-0.4, -0.2) is 21.8 Å². The minimum absolute atomic E-state index is 0.159. The van der Waals surface area contributed by atoms with E-state index in [0.717, 1.165) is 22.8 Å². The largest absolute Gasteiger partial charge is 0.495 e. The molecule has 1 N–H and O–H groups in total. The topological polar surface area (TPSA) is 42.3 Å². The van der Waals surface area contributed by atoms with Crippen molar-refractivity contribution in [1.82, 2.24) is 14.9 Å². The first kappa shape index (κ1) is 22.6. The second-order valence-electron chi connectivity index (χ2n) is 8.65. The second kappa shape index (κ2) is 9.30. The molecule has 1 saturated heterocycles. The Kier molecular flexibility index (Phi) is 5.83. The first-order valence-corrected chi connectivity index (χ1v) is 12.4. The number of aromatic nitrogens is 2. The van der Waals surface area contributed by atoms with Gasteiger partial charge in [-0.3, -0.25) is 4.98 Å². The van der Waals surface area contributed by atoms with Crippen LogP contribution in [0.5, 0.6) is 5.75 Å². The predicted molar refractivity (Wildman–Crippen MR) is 149 cm³/mol. The summed E-state index contributed by atoms with van der Waals surface area (Å²) in [6.45, 7) is 0. The van der Waals surface area contributed by atoms with E-state index < -0.39 is 0 Å². The van der Waals surface area contributed by atoms with Gasteiger partial charge in [0.25, 0.3) is 0 Å². The molecule has 1 fully saturated rings. The molecule has 0 spiro atoms. The highest BCUT2D eigenvalue weighted by Crippen LogP contribution is 2.43. The first-order chi connectivity index (χ1) is 17.6. The van der Waals surface area contributed by atoms with Crippen LogP contribution in [0.3, 0.4) is 0 Å². The molecule has 0 aliphatic carbocycles. The van der Waals surface area contributed by atoms with Crippen LogP contribution in [0, 0.1) is 0 Å². The van der Waals surface area contributed by atoms with E-state index in [1.165, 1.54) is 10.8 Å². The highest BCUT2D eigenvalue weighted by atomic mass is 35.5. The summed E-state index contributed by atoms with van der Waals surface area (Å²) in [6, 6.07) is 30.5. The van der Waals surface area contributed by atoms with Crippen LogP contribution in [0.2, 0.25) is 5.02 Å². The highest BCUT2D eigenvalue weighted by molar-refractivity contribution is 7.80. The number of fused-ring (bicyclic) bond motifs is 1. The van der Waals surface area contributed by atoms with Crippen molar-refractivity contribution >= 4 is 45.4 Å². The zero-order valence-corrected chi connectivity index (χ0v) is 21.1. The number of pyridine rings is 1. The molecule has 5 nitrogen and oxygen atoms in total. The molecule has 178 valence electrons. The number of hydrogen-bond acceptors (Lipinski definition) is 3. The van der Waals surface area contributed by atoms with E-state index in [9.17, 15) is 0 Å². The van der Waals surface area contributed by atoms with E-state index in [0.29, 0.717) is 15.9 Å². The maximum atomic E-state index is 6.53. The van der Waals surface area contributed by atoms with Gasteiger partial charge in [-0.2, -0.15) is 0 Å². The summed E-state index contributed by atoms with van der Waals surface area (Å²) in [4.78, 5) is 6.79. The number of rotatable bonds is 5. The van der Waals surface area contributed by atoms with E-state index in [1.807, 2.05) is 42.6 Å². The quantitative estimate of drug-likeness (QED) is 0.261. The van der Waals surface area contributed by atoms with Crippen molar-refractivity contribution < 1.29 is 4.74 Å². The lowest BCUT2D eigenvalue weighted by molar-refractivity contribution is 0.415. The number of nitrogens with zero attached hydrogens (tertiary/aromatic N) is 3. The van der Waals surface area contributed by atoms with Gasteiger partial charge >= 0.3 is 0 Å². The van der Waals surface area contributed by atoms with Gasteiger partial charge in [0.15, 0.2) is 5.11 Å². The van der Waals surface area contributed by atoms with Gasteiger partial charge < -0.3 is 19.5 Å². The van der Waals surface area contributed by atoms with Crippen molar-refractivity contribution in [3.63, 3.8) is 0 Å². The summed E-state index contributed by atoms with van der Waals surface area (Å²) in [7, 11) is 1.61. The zero-order chi connectivity index (χ0) is 24.6. The molecular formula is C29H23ClN4OS. The fraction of sp³-hybridized carbons (Fsp3) is 0.103. The van der Waals surface area contributed by atoms with Gasteiger partial charge in [0.2, 0.25) is 0 Å². The normalized spacial score (nSPS) is 17.4. The van der Waals surface area contributed by atoms with E-state index >= 15 is 0 Å². The summed E-state index contributed by atoms with van der Waals surface area (Å²) < 4.78 is 7.60. The molecule has 0 amide bonds. The number of anilines is 1. The lowest BCUT2D eigenvalue weighted by atomic mass is 10.0. The molecule has 1 aliphatic heterocycles. The number of thiocarbonyl (C=S) groups is 1. The van der Waals surface area contributed by atoms with E-state index in [1.54, 1.807) is 7.11 Å². The number of benzene rings is 3. The van der Waals surface area contributed by atoms with Gasteiger partial charge in [-0.1, -0.05) is 48.0 Å². The van der Waals surface area contributed by atoms with Crippen molar-refractivity contribution in [3.8, 4) is 11.4 Å². The van der Waals surface area contributed by atoms with Crippen LogP contribution < -0.4 is 15.0 Å². The van der Waals surface area contributed by atoms with E-state index in [4.69, 9.17) is 28.6 Å². The maximum absolute atomic E-state index is 6.53. The van der Waals surface area contributed by atoms with Crippen molar-refractivity contribution in [1.29, 1.82) is 0 Å². The van der Waals surface area contributed by atoms with Crippen molar-refractivity contribution in [2.45, 2.75) is 12.1 Å².